The highest BCUT2D eigenvalue weighted by Gasteiger charge is 2.26. The third-order valence-electron chi connectivity index (χ3n) is 5.69. The normalized spacial score (nSPS) is 16.1. The summed E-state index contributed by atoms with van der Waals surface area (Å²) in [4.78, 5) is 26.3. The number of aromatic nitrogens is 4. The Labute approximate surface area is 178 Å². The largest absolute Gasteiger partial charge is 0.395 e. The molecule has 0 saturated carbocycles. The monoisotopic (exact) mass is 421 g/mol. The lowest BCUT2D eigenvalue weighted by molar-refractivity contribution is 0.0696. The quantitative estimate of drug-likeness (QED) is 0.535. The van der Waals surface area contributed by atoms with Gasteiger partial charge in [0.1, 0.15) is 11.2 Å². The van der Waals surface area contributed by atoms with Crippen LogP contribution in [0.4, 0.5) is 0 Å². The third-order valence-corrected chi connectivity index (χ3v) is 6.89. The van der Waals surface area contributed by atoms with Crippen LogP contribution in [-0.4, -0.2) is 48.6 Å². The summed E-state index contributed by atoms with van der Waals surface area (Å²) in [5, 5.41) is 14.9. The van der Waals surface area contributed by atoms with Gasteiger partial charge in [0.05, 0.1) is 12.0 Å². The molecule has 30 heavy (non-hydrogen) atoms. The van der Waals surface area contributed by atoms with Gasteiger partial charge in [-0.1, -0.05) is 37.3 Å². The number of hydrogen-bond acceptors (Lipinski definition) is 6. The predicted octanol–water partition coefficient (Wildman–Crippen LogP) is 3.10. The molecule has 7 nitrogen and oxygen atoms in total. The van der Waals surface area contributed by atoms with Crippen LogP contribution in [0.25, 0.3) is 15.9 Å². The molecule has 3 heterocycles. The van der Waals surface area contributed by atoms with E-state index < -0.39 is 0 Å². The van der Waals surface area contributed by atoms with Crippen molar-refractivity contribution in [3.8, 4) is 0 Å². The molecule has 154 valence electrons. The molecule has 4 aromatic rings. The van der Waals surface area contributed by atoms with E-state index >= 15 is 0 Å². The van der Waals surface area contributed by atoms with Crippen LogP contribution in [-0.2, 0) is 19.4 Å². The number of carbonyl (C=O) groups excluding carboxylic acids is 1. The van der Waals surface area contributed by atoms with Gasteiger partial charge >= 0.3 is 0 Å². The predicted molar refractivity (Wildman–Crippen MR) is 116 cm³/mol. The maximum atomic E-state index is 13.2. The summed E-state index contributed by atoms with van der Waals surface area (Å²) in [5.41, 5.74) is 3.00. The number of fused-ring (bicyclic) bond motifs is 5. The molecule has 1 aliphatic rings. The van der Waals surface area contributed by atoms with Crippen LogP contribution in [0, 0.1) is 5.92 Å². The highest BCUT2D eigenvalue weighted by molar-refractivity contribution is 7.19. The molecule has 3 aromatic heterocycles. The van der Waals surface area contributed by atoms with Crippen LogP contribution >= 0.6 is 11.3 Å². The molecule has 1 N–H and O–H groups in total. The maximum absolute atomic E-state index is 13.2. The van der Waals surface area contributed by atoms with Crippen LogP contribution in [0.3, 0.4) is 0 Å². The van der Waals surface area contributed by atoms with Crippen molar-refractivity contribution in [2.45, 2.75) is 32.7 Å². The lowest BCUT2D eigenvalue weighted by Gasteiger charge is -2.20. The van der Waals surface area contributed by atoms with Gasteiger partial charge in [0, 0.05) is 18.0 Å². The molecule has 0 saturated heterocycles. The van der Waals surface area contributed by atoms with E-state index in [1.807, 2.05) is 30.3 Å². The molecule has 0 aliphatic heterocycles. The third kappa shape index (κ3) is 3.36. The van der Waals surface area contributed by atoms with Gasteiger partial charge in [-0.15, -0.1) is 16.4 Å². The van der Waals surface area contributed by atoms with E-state index in [2.05, 4.69) is 22.0 Å². The smallest absolute Gasteiger partial charge is 0.293 e. The topological polar surface area (TPSA) is 83.6 Å². The summed E-state index contributed by atoms with van der Waals surface area (Å²) in [7, 11) is 0. The number of thiophene rings is 1. The Hall–Kier alpha value is -2.84. The molecular weight excluding hydrogens is 398 g/mol. The second kappa shape index (κ2) is 7.77. The number of aryl methyl sites for hydroxylation is 1. The molecule has 0 fully saturated rings. The van der Waals surface area contributed by atoms with E-state index in [9.17, 15) is 9.90 Å². The van der Waals surface area contributed by atoms with Gasteiger partial charge < -0.3 is 10.0 Å². The fourth-order valence-corrected chi connectivity index (χ4v) is 5.33. The van der Waals surface area contributed by atoms with Gasteiger partial charge in [0.15, 0.2) is 5.65 Å². The number of benzene rings is 1. The van der Waals surface area contributed by atoms with Gasteiger partial charge in [0.25, 0.3) is 5.91 Å². The lowest BCUT2D eigenvalue weighted by Crippen LogP contribution is -2.33. The van der Waals surface area contributed by atoms with Crippen LogP contribution in [0.1, 0.15) is 40.0 Å². The molecule has 1 aliphatic carbocycles. The summed E-state index contributed by atoms with van der Waals surface area (Å²) in [5.74, 6) is 0.477. The van der Waals surface area contributed by atoms with Gasteiger partial charge in [-0.2, -0.15) is 0 Å². The Balaban J connectivity index is 1.54. The zero-order valence-corrected chi connectivity index (χ0v) is 17.6. The lowest BCUT2D eigenvalue weighted by atomic mass is 9.89. The Morgan fingerprint density at radius 1 is 1.33 bits per heavy atom. The van der Waals surface area contributed by atoms with E-state index in [4.69, 9.17) is 0 Å². The molecule has 0 spiro atoms. The molecule has 1 amide bonds. The summed E-state index contributed by atoms with van der Waals surface area (Å²) in [6.45, 7) is 2.78. The maximum Gasteiger partial charge on any atom is 0.293 e. The van der Waals surface area contributed by atoms with E-state index in [0.717, 1.165) is 28.6 Å². The van der Waals surface area contributed by atoms with Gasteiger partial charge in [-0.25, -0.2) is 14.5 Å². The number of rotatable bonds is 5. The SMILES string of the molecule is CC1CCc2sc3ncn4nc(C(=O)N(CCO)Cc5ccccc5)nc4c3c2C1. The standard InChI is InChI=1S/C22H23N5O2S/c1-14-7-8-17-16(11-14)18-20-24-19(25-27(20)13-23-21(18)30-17)22(29)26(9-10-28)12-15-5-3-2-4-6-15/h2-6,13-14,28H,7-12H2,1H3. The minimum atomic E-state index is -0.290. The van der Waals surface area contributed by atoms with Crippen molar-refractivity contribution in [1.29, 1.82) is 0 Å². The number of aliphatic hydroxyl groups is 1. The Morgan fingerprint density at radius 3 is 2.97 bits per heavy atom. The van der Waals surface area contributed by atoms with Crippen molar-refractivity contribution in [3.63, 3.8) is 0 Å². The van der Waals surface area contributed by atoms with Crippen molar-refractivity contribution in [1.82, 2.24) is 24.5 Å². The van der Waals surface area contributed by atoms with Gasteiger partial charge in [-0.05, 0) is 36.3 Å². The minimum Gasteiger partial charge on any atom is -0.395 e. The zero-order valence-electron chi connectivity index (χ0n) is 16.8. The van der Waals surface area contributed by atoms with Crippen LogP contribution < -0.4 is 0 Å². The summed E-state index contributed by atoms with van der Waals surface area (Å²) < 4.78 is 1.61. The van der Waals surface area contributed by atoms with Crippen molar-refractivity contribution in [3.05, 3.63) is 58.5 Å². The molecular formula is C22H23N5O2S. The van der Waals surface area contributed by atoms with E-state index in [-0.39, 0.29) is 24.9 Å². The zero-order chi connectivity index (χ0) is 20.7. The van der Waals surface area contributed by atoms with E-state index in [1.54, 1.807) is 27.1 Å². The van der Waals surface area contributed by atoms with Crippen molar-refractivity contribution >= 4 is 33.1 Å². The minimum absolute atomic E-state index is 0.117. The van der Waals surface area contributed by atoms with Gasteiger partial charge in [0.2, 0.25) is 5.82 Å². The van der Waals surface area contributed by atoms with Crippen LogP contribution in [0.2, 0.25) is 0 Å². The fourth-order valence-electron chi connectivity index (χ4n) is 4.16. The number of nitrogens with zero attached hydrogens (tertiary/aromatic N) is 5. The second-order valence-corrected chi connectivity index (χ2v) is 9.00. The highest BCUT2D eigenvalue weighted by atomic mass is 32.1. The average Bonchev–Trinajstić information content (AvgIpc) is 3.34. The Morgan fingerprint density at radius 2 is 2.17 bits per heavy atom. The van der Waals surface area contributed by atoms with Crippen molar-refractivity contribution in [2.75, 3.05) is 13.2 Å². The summed E-state index contributed by atoms with van der Waals surface area (Å²) in [6.07, 6.45) is 4.92. The molecule has 0 bridgehead atoms. The molecule has 1 atom stereocenters. The van der Waals surface area contributed by atoms with Crippen molar-refractivity contribution in [2.24, 2.45) is 5.92 Å². The average molecular weight is 422 g/mol. The van der Waals surface area contributed by atoms with Crippen LogP contribution in [0.5, 0.6) is 0 Å². The summed E-state index contributed by atoms with van der Waals surface area (Å²) in [6, 6.07) is 9.72. The molecule has 5 rings (SSSR count). The van der Waals surface area contributed by atoms with Crippen LogP contribution in [0.15, 0.2) is 36.7 Å². The first-order valence-corrected chi connectivity index (χ1v) is 11.1. The second-order valence-electron chi connectivity index (χ2n) is 7.92. The summed E-state index contributed by atoms with van der Waals surface area (Å²) >= 11 is 1.73. The molecule has 0 radical (unpaired) electrons. The Kier molecular flexibility index (Phi) is 4.96. The van der Waals surface area contributed by atoms with Gasteiger partial charge in [-0.3, -0.25) is 4.79 Å². The van der Waals surface area contributed by atoms with E-state index in [1.165, 1.54) is 16.9 Å². The number of hydrogen-bond donors (Lipinski definition) is 1. The number of carbonyl (C=O) groups is 1. The van der Waals surface area contributed by atoms with Crippen molar-refractivity contribution < 1.29 is 9.90 Å². The first-order chi connectivity index (χ1) is 14.6. The molecule has 1 unspecified atom stereocenters. The Bertz CT molecular complexity index is 1220. The number of aliphatic hydroxyl groups excluding tert-OH is 1. The molecule has 1 aromatic carbocycles. The number of amides is 1. The first-order valence-electron chi connectivity index (χ1n) is 10.2. The fraction of sp³-hybridized carbons (Fsp3) is 0.364. The highest BCUT2D eigenvalue weighted by Crippen LogP contribution is 2.38. The molecule has 8 heteroatoms. The first kappa shape index (κ1) is 19.1. The van der Waals surface area contributed by atoms with E-state index in [0.29, 0.717) is 18.1 Å².